The number of alkyl halides is 3. The first-order valence-corrected chi connectivity index (χ1v) is 5.87. The van der Waals surface area contributed by atoms with Crippen molar-refractivity contribution in [2.45, 2.75) is 12.6 Å². The topological polar surface area (TPSA) is 57.6 Å². The highest BCUT2D eigenvalue weighted by atomic mass is 79.9. The van der Waals surface area contributed by atoms with E-state index >= 15 is 0 Å². The second-order valence-electron chi connectivity index (χ2n) is 3.58. The van der Waals surface area contributed by atoms with Gasteiger partial charge in [-0.05, 0) is 18.2 Å². The van der Waals surface area contributed by atoms with Gasteiger partial charge in [-0.3, -0.25) is 9.59 Å². The lowest BCUT2D eigenvalue weighted by Crippen LogP contribution is -2.42. The summed E-state index contributed by atoms with van der Waals surface area (Å²) in [5, 5.41) is 8.52. The first-order chi connectivity index (χ1) is 8.71. The molecule has 0 saturated heterocycles. The summed E-state index contributed by atoms with van der Waals surface area (Å²) in [4.78, 5) is 22.1. The van der Waals surface area contributed by atoms with Gasteiger partial charge in [-0.1, -0.05) is 22.0 Å². The van der Waals surface area contributed by atoms with E-state index in [2.05, 4.69) is 15.9 Å². The number of nitrogens with zero attached hydrogens (tertiary/aromatic N) is 1. The highest BCUT2D eigenvalue weighted by molar-refractivity contribution is 9.10. The number of aliphatic carboxylic acids is 1. The van der Waals surface area contributed by atoms with Crippen LogP contribution in [0.3, 0.4) is 0 Å². The zero-order valence-corrected chi connectivity index (χ0v) is 11.0. The molecule has 0 radical (unpaired) electrons. The molecular formula is C11H9BrF3NO3. The molecule has 4 nitrogen and oxygen atoms in total. The monoisotopic (exact) mass is 339 g/mol. The average Bonchev–Trinajstić information content (AvgIpc) is 2.27. The maximum absolute atomic E-state index is 12.5. The quantitative estimate of drug-likeness (QED) is 0.917. The van der Waals surface area contributed by atoms with Crippen LogP contribution in [0.1, 0.15) is 6.42 Å². The van der Waals surface area contributed by atoms with Gasteiger partial charge in [-0.15, -0.1) is 0 Å². The van der Waals surface area contributed by atoms with Crippen LogP contribution in [-0.4, -0.2) is 29.7 Å². The number of carboxylic acids is 1. The smallest absolute Gasteiger partial charge is 0.471 e. The Kier molecular flexibility index (Phi) is 4.93. The van der Waals surface area contributed by atoms with Crippen molar-refractivity contribution in [3.05, 3.63) is 28.7 Å². The van der Waals surface area contributed by atoms with Crippen LogP contribution in [0.4, 0.5) is 18.9 Å². The van der Waals surface area contributed by atoms with Gasteiger partial charge in [0.15, 0.2) is 0 Å². The Bertz CT molecular complexity index is 490. The summed E-state index contributed by atoms with van der Waals surface area (Å²) in [5.41, 5.74) is -0.0158. The van der Waals surface area contributed by atoms with E-state index in [4.69, 9.17) is 5.11 Å². The molecule has 0 heterocycles. The van der Waals surface area contributed by atoms with Crippen molar-refractivity contribution in [1.29, 1.82) is 0 Å². The number of carbonyl (C=O) groups is 2. The lowest BCUT2D eigenvalue weighted by Gasteiger charge is -2.23. The molecule has 1 aromatic carbocycles. The minimum atomic E-state index is -5.05. The van der Waals surface area contributed by atoms with Crippen LogP contribution in [0.15, 0.2) is 28.7 Å². The lowest BCUT2D eigenvalue weighted by molar-refractivity contribution is -0.170. The minimum Gasteiger partial charge on any atom is -0.481 e. The number of carbonyl (C=O) groups excluding carboxylic acids is 1. The molecule has 0 atom stereocenters. The molecule has 1 rings (SSSR count). The van der Waals surface area contributed by atoms with Gasteiger partial charge in [0, 0.05) is 16.7 Å². The van der Waals surface area contributed by atoms with E-state index in [-0.39, 0.29) is 5.69 Å². The maximum atomic E-state index is 12.5. The molecule has 1 N–H and O–H groups in total. The highest BCUT2D eigenvalue weighted by Gasteiger charge is 2.43. The zero-order valence-electron chi connectivity index (χ0n) is 9.45. The standard InChI is InChI=1S/C11H9BrF3NO3/c12-7-2-1-3-8(6-7)16(5-4-9(17)18)10(19)11(13,14)15/h1-3,6H,4-5H2,(H,17,18). The van der Waals surface area contributed by atoms with Gasteiger partial charge in [-0.2, -0.15) is 13.2 Å². The van der Waals surface area contributed by atoms with Gasteiger partial charge >= 0.3 is 18.1 Å². The van der Waals surface area contributed by atoms with Crippen LogP contribution < -0.4 is 4.90 Å². The first-order valence-electron chi connectivity index (χ1n) is 5.08. The molecule has 0 aromatic heterocycles. The Hall–Kier alpha value is -1.57. The van der Waals surface area contributed by atoms with E-state index < -0.39 is 31.0 Å². The summed E-state index contributed by atoms with van der Waals surface area (Å²) in [5.74, 6) is -3.37. The third-order valence-electron chi connectivity index (χ3n) is 2.16. The second kappa shape index (κ2) is 6.05. The number of halogens is 4. The van der Waals surface area contributed by atoms with Gasteiger partial charge in [0.2, 0.25) is 0 Å². The number of amides is 1. The van der Waals surface area contributed by atoms with Gasteiger partial charge in [0.1, 0.15) is 0 Å². The number of benzene rings is 1. The van der Waals surface area contributed by atoms with Crippen molar-refractivity contribution in [2.75, 3.05) is 11.4 Å². The molecule has 1 amide bonds. The molecule has 0 bridgehead atoms. The first kappa shape index (κ1) is 15.5. The molecule has 0 aliphatic rings. The van der Waals surface area contributed by atoms with Crippen molar-refractivity contribution in [3.63, 3.8) is 0 Å². The fourth-order valence-electron chi connectivity index (χ4n) is 1.35. The molecule has 104 valence electrons. The fraction of sp³-hybridized carbons (Fsp3) is 0.273. The normalized spacial score (nSPS) is 11.2. The summed E-state index contributed by atoms with van der Waals surface area (Å²) in [7, 11) is 0. The Labute approximate surface area is 114 Å². The summed E-state index contributed by atoms with van der Waals surface area (Å²) < 4.78 is 37.9. The van der Waals surface area contributed by atoms with Crippen molar-refractivity contribution in [2.24, 2.45) is 0 Å². The van der Waals surface area contributed by atoms with Crippen LogP contribution in [-0.2, 0) is 9.59 Å². The number of carboxylic acid groups (broad SMARTS) is 1. The van der Waals surface area contributed by atoms with Gasteiger partial charge < -0.3 is 10.0 Å². The third kappa shape index (κ3) is 4.55. The molecule has 1 aromatic rings. The second-order valence-corrected chi connectivity index (χ2v) is 4.49. The summed E-state index contributed by atoms with van der Waals surface area (Å²) in [6.07, 6.45) is -5.63. The molecule has 0 saturated carbocycles. The number of hydrogen-bond acceptors (Lipinski definition) is 2. The van der Waals surface area contributed by atoms with E-state index in [1.165, 1.54) is 18.2 Å². The van der Waals surface area contributed by atoms with E-state index in [1.807, 2.05) is 0 Å². The van der Waals surface area contributed by atoms with Gasteiger partial charge in [0.25, 0.3) is 0 Å². The Morgan fingerprint density at radius 2 is 1.95 bits per heavy atom. The lowest BCUT2D eigenvalue weighted by atomic mass is 10.2. The SMILES string of the molecule is O=C(O)CCN(C(=O)C(F)(F)F)c1cccc(Br)c1. The fourth-order valence-corrected chi connectivity index (χ4v) is 1.74. The molecule has 8 heteroatoms. The average molecular weight is 340 g/mol. The Balaban J connectivity index is 3.05. The van der Waals surface area contributed by atoms with Crippen LogP contribution in [0.5, 0.6) is 0 Å². The third-order valence-corrected chi connectivity index (χ3v) is 2.65. The van der Waals surface area contributed by atoms with Crippen molar-refractivity contribution in [1.82, 2.24) is 0 Å². The van der Waals surface area contributed by atoms with Crippen molar-refractivity contribution < 1.29 is 27.9 Å². The Morgan fingerprint density at radius 1 is 1.32 bits per heavy atom. The Morgan fingerprint density at radius 3 is 2.42 bits per heavy atom. The summed E-state index contributed by atoms with van der Waals surface area (Å²) >= 11 is 3.07. The van der Waals surface area contributed by atoms with Crippen LogP contribution in [0.25, 0.3) is 0 Å². The van der Waals surface area contributed by atoms with Crippen LogP contribution in [0.2, 0.25) is 0 Å². The largest absolute Gasteiger partial charge is 0.481 e. The molecule has 0 aliphatic heterocycles. The maximum Gasteiger partial charge on any atom is 0.471 e. The predicted octanol–water partition coefficient (Wildman–Crippen LogP) is 2.82. The van der Waals surface area contributed by atoms with E-state index in [1.54, 1.807) is 6.07 Å². The minimum absolute atomic E-state index is 0.0158. The molecule has 0 fully saturated rings. The van der Waals surface area contributed by atoms with Crippen LogP contribution >= 0.6 is 15.9 Å². The molecule has 0 unspecified atom stereocenters. The number of hydrogen-bond donors (Lipinski definition) is 1. The zero-order chi connectivity index (χ0) is 14.6. The van der Waals surface area contributed by atoms with E-state index in [9.17, 15) is 22.8 Å². The van der Waals surface area contributed by atoms with Gasteiger partial charge in [-0.25, -0.2) is 0 Å². The molecular weight excluding hydrogens is 331 g/mol. The summed E-state index contributed by atoms with van der Waals surface area (Å²) in [6.45, 7) is -0.551. The van der Waals surface area contributed by atoms with E-state index in [0.717, 1.165) is 0 Å². The van der Waals surface area contributed by atoms with Gasteiger partial charge in [0.05, 0.1) is 6.42 Å². The highest BCUT2D eigenvalue weighted by Crippen LogP contribution is 2.26. The number of rotatable bonds is 4. The molecule has 0 spiro atoms. The molecule has 19 heavy (non-hydrogen) atoms. The van der Waals surface area contributed by atoms with Crippen molar-refractivity contribution in [3.8, 4) is 0 Å². The molecule has 0 aliphatic carbocycles. The van der Waals surface area contributed by atoms with E-state index in [0.29, 0.717) is 9.37 Å². The summed E-state index contributed by atoms with van der Waals surface area (Å²) in [6, 6.07) is 5.65. The predicted molar refractivity (Wildman–Crippen MR) is 64.8 cm³/mol. The number of anilines is 1. The van der Waals surface area contributed by atoms with Crippen molar-refractivity contribution >= 4 is 33.5 Å². The van der Waals surface area contributed by atoms with Crippen LogP contribution in [0, 0.1) is 0 Å².